The van der Waals surface area contributed by atoms with Gasteiger partial charge in [-0.3, -0.25) is 4.90 Å². The molecule has 25 heavy (non-hydrogen) atoms. The van der Waals surface area contributed by atoms with Crippen molar-refractivity contribution in [1.29, 1.82) is 0 Å². The van der Waals surface area contributed by atoms with Crippen LogP contribution in [0.25, 0.3) is 10.9 Å². The van der Waals surface area contributed by atoms with E-state index in [1.165, 1.54) is 51.9 Å². The first-order valence-corrected chi connectivity index (χ1v) is 9.38. The highest BCUT2D eigenvalue weighted by Gasteiger charge is 2.27. The maximum absolute atomic E-state index is 5.94. The van der Waals surface area contributed by atoms with Crippen LogP contribution in [0.4, 0.5) is 11.5 Å². The molecule has 2 aliphatic rings. The highest BCUT2D eigenvalue weighted by molar-refractivity contribution is 5.91. The molecule has 2 fully saturated rings. The molecule has 0 bridgehead atoms. The van der Waals surface area contributed by atoms with Crippen LogP contribution in [0.2, 0.25) is 0 Å². The van der Waals surface area contributed by atoms with E-state index in [9.17, 15) is 0 Å². The fourth-order valence-electron chi connectivity index (χ4n) is 4.15. The number of nitrogen functional groups attached to an aromatic ring is 1. The Balaban J connectivity index is 1.38. The number of hydrogen-bond acceptors (Lipinski definition) is 6. The molecular formula is C19H28N6. The van der Waals surface area contributed by atoms with E-state index < -0.39 is 0 Å². The van der Waals surface area contributed by atoms with Gasteiger partial charge in [-0.1, -0.05) is 0 Å². The second kappa shape index (κ2) is 7.14. The van der Waals surface area contributed by atoms with Crippen molar-refractivity contribution in [2.75, 3.05) is 44.3 Å². The first-order valence-electron chi connectivity index (χ1n) is 9.38. The lowest BCUT2D eigenvalue weighted by Gasteiger charge is -2.41. The van der Waals surface area contributed by atoms with E-state index in [0.717, 1.165) is 28.5 Å². The smallest absolute Gasteiger partial charge is 0.137 e. The average molecular weight is 340 g/mol. The Morgan fingerprint density at radius 3 is 2.56 bits per heavy atom. The number of nitrogens with one attached hydrogen (secondary N) is 1. The van der Waals surface area contributed by atoms with Gasteiger partial charge >= 0.3 is 0 Å². The van der Waals surface area contributed by atoms with E-state index in [4.69, 9.17) is 5.73 Å². The van der Waals surface area contributed by atoms with Gasteiger partial charge in [0.1, 0.15) is 12.1 Å². The van der Waals surface area contributed by atoms with Crippen LogP contribution in [0.5, 0.6) is 0 Å². The van der Waals surface area contributed by atoms with Crippen molar-refractivity contribution in [3.8, 4) is 0 Å². The van der Waals surface area contributed by atoms with Crippen molar-refractivity contribution >= 4 is 22.4 Å². The highest BCUT2D eigenvalue weighted by atomic mass is 15.3. The lowest BCUT2D eigenvalue weighted by Crippen LogP contribution is -2.50. The van der Waals surface area contributed by atoms with Gasteiger partial charge in [-0.15, -0.1) is 0 Å². The van der Waals surface area contributed by atoms with Gasteiger partial charge in [-0.25, -0.2) is 9.97 Å². The summed E-state index contributed by atoms with van der Waals surface area (Å²) in [6.45, 7) is 4.84. The molecule has 4 rings (SSSR count). The van der Waals surface area contributed by atoms with Gasteiger partial charge in [0.2, 0.25) is 0 Å². The number of piperazine rings is 1. The summed E-state index contributed by atoms with van der Waals surface area (Å²) in [6.07, 6.45) is 6.57. The molecule has 1 saturated heterocycles. The highest BCUT2D eigenvalue weighted by Crippen LogP contribution is 2.28. The minimum atomic E-state index is 0.489. The zero-order valence-corrected chi connectivity index (χ0v) is 15.0. The van der Waals surface area contributed by atoms with Crippen LogP contribution < -0.4 is 11.1 Å². The molecule has 1 aliphatic carbocycles. The molecule has 6 nitrogen and oxygen atoms in total. The van der Waals surface area contributed by atoms with Crippen LogP contribution >= 0.6 is 0 Å². The monoisotopic (exact) mass is 340 g/mol. The van der Waals surface area contributed by atoms with E-state index in [2.05, 4.69) is 32.1 Å². The number of rotatable bonds is 3. The standard InChI is InChI=1S/C19H28N6/c1-24-8-10-25(11-9-24)16-5-3-15(4-6-16)23-19-17-12-14(20)2-7-18(17)21-13-22-19/h2,7,12-13,15-16H,3-6,8-11,20H2,1H3,(H,21,22,23). The number of likely N-dealkylation sites (N-methyl/N-ethyl adjacent to an activating group) is 1. The van der Waals surface area contributed by atoms with Gasteiger partial charge in [0, 0.05) is 49.3 Å². The predicted molar refractivity (Wildman–Crippen MR) is 103 cm³/mol. The van der Waals surface area contributed by atoms with Crippen molar-refractivity contribution in [3.05, 3.63) is 24.5 Å². The minimum absolute atomic E-state index is 0.489. The molecule has 134 valence electrons. The third-order valence-corrected chi connectivity index (χ3v) is 5.75. The second-order valence-electron chi connectivity index (χ2n) is 7.49. The molecule has 3 N–H and O–H groups in total. The summed E-state index contributed by atoms with van der Waals surface area (Å²) >= 11 is 0. The van der Waals surface area contributed by atoms with Crippen LogP contribution in [0.15, 0.2) is 24.5 Å². The molecular weight excluding hydrogens is 312 g/mol. The SMILES string of the molecule is CN1CCN(C2CCC(Nc3ncnc4ccc(N)cc34)CC2)CC1. The third-order valence-electron chi connectivity index (χ3n) is 5.75. The van der Waals surface area contributed by atoms with Crippen LogP contribution in [0, 0.1) is 0 Å². The van der Waals surface area contributed by atoms with E-state index in [0.29, 0.717) is 6.04 Å². The van der Waals surface area contributed by atoms with Gasteiger partial charge in [-0.05, 0) is 50.9 Å². The summed E-state index contributed by atoms with van der Waals surface area (Å²) in [5.74, 6) is 0.917. The number of aromatic nitrogens is 2. The van der Waals surface area contributed by atoms with Gasteiger partial charge in [0.05, 0.1) is 5.52 Å². The largest absolute Gasteiger partial charge is 0.399 e. The van der Waals surface area contributed by atoms with Gasteiger partial charge in [0.15, 0.2) is 0 Å². The Kier molecular flexibility index (Phi) is 4.72. The number of nitrogens with two attached hydrogens (primary N) is 1. The molecule has 0 amide bonds. The third kappa shape index (κ3) is 3.70. The van der Waals surface area contributed by atoms with Crippen molar-refractivity contribution in [2.45, 2.75) is 37.8 Å². The fourth-order valence-corrected chi connectivity index (χ4v) is 4.15. The second-order valence-corrected chi connectivity index (χ2v) is 7.49. The molecule has 1 aromatic carbocycles. The van der Waals surface area contributed by atoms with Gasteiger partial charge in [0.25, 0.3) is 0 Å². The lowest BCUT2D eigenvalue weighted by molar-refractivity contribution is 0.0894. The molecule has 1 aromatic heterocycles. The Labute approximate surface area is 149 Å². The first kappa shape index (κ1) is 16.5. The molecule has 0 atom stereocenters. The van der Waals surface area contributed by atoms with E-state index in [1.54, 1.807) is 6.33 Å². The van der Waals surface area contributed by atoms with Gasteiger partial charge < -0.3 is 16.0 Å². The molecule has 0 unspecified atom stereocenters. The van der Waals surface area contributed by atoms with E-state index in [1.807, 2.05) is 18.2 Å². The van der Waals surface area contributed by atoms with Crippen molar-refractivity contribution < 1.29 is 0 Å². The maximum atomic E-state index is 5.94. The molecule has 1 saturated carbocycles. The fraction of sp³-hybridized carbons (Fsp3) is 0.579. The summed E-state index contributed by atoms with van der Waals surface area (Å²) in [7, 11) is 2.22. The number of nitrogens with zero attached hydrogens (tertiary/aromatic N) is 4. The maximum Gasteiger partial charge on any atom is 0.137 e. The normalized spacial score (nSPS) is 26.0. The van der Waals surface area contributed by atoms with Crippen LogP contribution in [0.3, 0.4) is 0 Å². The quantitative estimate of drug-likeness (QED) is 0.835. The molecule has 2 heterocycles. The van der Waals surface area contributed by atoms with Crippen molar-refractivity contribution in [3.63, 3.8) is 0 Å². The molecule has 2 aromatic rings. The zero-order chi connectivity index (χ0) is 17.2. The van der Waals surface area contributed by atoms with Crippen molar-refractivity contribution in [1.82, 2.24) is 19.8 Å². The summed E-state index contributed by atoms with van der Waals surface area (Å²) in [5.41, 5.74) is 7.64. The summed E-state index contributed by atoms with van der Waals surface area (Å²) < 4.78 is 0. The number of fused-ring (bicyclic) bond motifs is 1. The number of anilines is 2. The van der Waals surface area contributed by atoms with Crippen molar-refractivity contribution in [2.24, 2.45) is 0 Å². The lowest BCUT2D eigenvalue weighted by atomic mass is 9.89. The Morgan fingerprint density at radius 2 is 1.80 bits per heavy atom. The summed E-state index contributed by atoms with van der Waals surface area (Å²) in [4.78, 5) is 13.9. The Hall–Kier alpha value is -1.92. The molecule has 6 heteroatoms. The number of hydrogen-bond donors (Lipinski definition) is 2. The zero-order valence-electron chi connectivity index (χ0n) is 15.0. The summed E-state index contributed by atoms with van der Waals surface area (Å²) in [6, 6.07) is 7.06. The molecule has 0 radical (unpaired) electrons. The minimum Gasteiger partial charge on any atom is -0.399 e. The van der Waals surface area contributed by atoms with E-state index in [-0.39, 0.29) is 0 Å². The van der Waals surface area contributed by atoms with Crippen LogP contribution in [-0.4, -0.2) is 65.1 Å². The molecule has 1 aliphatic heterocycles. The number of benzene rings is 1. The van der Waals surface area contributed by atoms with Gasteiger partial charge in [-0.2, -0.15) is 0 Å². The topological polar surface area (TPSA) is 70.3 Å². The van der Waals surface area contributed by atoms with E-state index >= 15 is 0 Å². The molecule has 0 spiro atoms. The first-order chi connectivity index (χ1) is 12.2. The average Bonchev–Trinajstić information content (AvgIpc) is 2.64. The summed E-state index contributed by atoms with van der Waals surface area (Å²) in [5, 5.41) is 4.67. The predicted octanol–water partition coefficient (Wildman–Crippen LogP) is 2.18. The Bertz CT molecular complexity index is 717. The van der Waals surface area contributed by atoms with Crippen LogP contribution in [0.1, 0.15) is 25.7 Å². The Morgan fingerprint density at radius 1 is 1.04 bits per heavy atom. The van der Waals surface area contributed by atoms with Crippen LogP contribution in [-0.2, 0) is 0 Å².